The van der Waals surface area contributed by atoms with Gasteiger partial charge in [-0.15, -0.1) is 4.72 Å². The lowest BCUT2D eigenvalue weighted by Gasteiger charge is -2.37. The lowest BCUT2D eigenvalue weighted by molar-refractivity contribution is -0.136. The minimum absolute atomic E-state index is 0.00718. The maximum absolute atomic E-state index is 12.7. The van der Waals surface area contributed by atoms with Crippen LogP contribution in [0.5, 0.6) is 0 Å². The Balaban J connectivity index is 3.02. The Kier molecular flexibility index (Phi) is 8.14. The SMILES string of the molecule is CC(C)(C)[S+]([O-])N[C@H](CO[Si](C)(C)C(C)(C)C)c1ccc(CC(=O)O)cc1. The highest BCUT2D eigenvalue weighted by Gasteiger charge is 2.38. The number of hydrogen-bond donors (Lipinski definition) is 2. The molecule has 0 saturated heterocycles. The van der Waals surface area contributed by atoms with Crippen molar-refractivity contribution in [3.8, 4) is 0 Å². The molecule has 1 rings (SSSR count). The van der Waals surface area contributed by atoms with Crippen LogP contribution in [0.2, 0.25) is 18.1 Å². The monoisotopic (exact) mass is 413 g/mol. The van der Waals surface area contributed by atoms with Crippen LogP contribution in [-0.4, -0.2) is 35.3 Å². The summed E-state index contributed by atoms with van der Waals surface area (Å²) in [5, 5.41) is 9.03. The first-order valence-electron chi connectivity index (χ1n) is 9.26. The molecule has 0 spiro atoms. The summed E-state index contributed by atoms with van der Waals surface area (Å²) >= 11 is -1.24. The third-order valence-electron chi connectivity index (χ3n) is 4.96. The first kappa shape index (κ1) is 24.2. The number of aliphatic carboxylic acids is 1. The maximum atomic E-state index is 12.7. The molecule has 0 radical (unpaired) electrons. The molecule has 0 aliphatic carbocycles. The predicted molar refractivity (Wildman–Crippen MR) is 115 cm³/mol. The van der Waals surface area contributed by atoms with Gasteiger partial charge in [0.15, 0.2) is 8.32 Å². The van der Waals surface area contributed by atoms with Crippen molar-refractivity contribution in [2.45, 2.75) is 76.9 Å². The summed E-state index contributed by atoms with van der Waals surface area (Å²) in [6.07, 6.45) is -0.00718. The average molecular weight is 414 g/mol. The van der Waals surface area contributed by atoms with E-state index >= 15 is 0 Å². The van der Waals surface area contributed by atoms with E-state index in [1.807, 2.05) is 45.0 Å². The first-order valence-corrected chi connectivity index (χ1v) is 13.3. The molecule has 0 heterocycles. The van der Waals surface area contributed by atoms with Crippen LogP contribution in [0.15, 0.2) is 24.3 Å². The summed E-state index contributed by atoms with van der Waals surface area (Å²) in [4.78, 5) is 10.9. The molecule has 27 heavy (non-hydrogen) atoms. The Morgan fingerprint density at radius 2 is 1.70 bits per heavy atom. The lowest BCUT2D eigenvalue weighted by atomic mass is 10.0. The van der Waals surface area contributed by atoms with Crippen LogP contribution in [0.3, 0.4) is 0 Å². The van der Waals surface area contributed by atoms with Gasteiger partial charge in [0.2, 0.25) is 0 Å². The fourth-order valence-electron chi connectivity index (χ4n) is 2.05. The summed E-state index contributed by atoms with van der Waals surface area (Å²) < 4.78 is 21.8. The van der Waals surface area contributed by atoms with Gasteiger partial charge in [-0.3, -0.25) is 4.79 Å². The van der Waals surface area contributed by atoms with Gasteiger partial charge < -0.3 is 14.1 Å². The van der Waals surface area contributed by atoms with E-state index in [-0.39, 0.29) is 17.5 Å². The van der Waals surface area contributed by atoms with E-state index in [1.165, 1.54) is 0 Å². The summed E-state index contributed by atoms with van der Waals surface area (Å²) in [5.41, 5.74) is 1.69. The molecule has 1 unspecified atom stereocenters. The summed E-state index contributed by atoms with van der Waals surface area (Å²) in [7, 11) is -1.95. The van der Waals surface area contributed by atoms with E-state index in [4.69, 9.17) is 9.53 Å². The molecule has 1 aromatic rings. The van der Waals surface area contributed by atoms with Crippen LogP contribution in [0.25, 0.3) is 0 Å². The van der Waals surface area contributed by atoms with Crippen LogP contribution in [0.1, 0.15) is 58.7 Å². The molecule has 2 N–H and O–H groups in total. The van der Waals surface area contributed by atoms with E-state index in [0.717, 1.165) is 11.1 Å². The largest absolute Gasteiger partial charge is 0.598 e. The van der Waals surface area contributed by atoms with E-state index in [0.29, 0.717) is 6.61 Å². The molecule has 5 nitrogen and oxygen atoms in total. The number of carboxylic acids is 1. The van der Waals surface area contributed by atoms with Gasteiger partial charge in [0.1, 0.15) is 4.75 Å². The van der Waals surface area contributed by atoms with E-state index < -0.39 is 30.4 Å². The summed E-state index contributed by atoms with van der Waals surface area (Å²) in [6, 6.07) is 7.18. The van der Waals surface area contributed by atoms with Crippen LogP contribution in [0, 0.1) is 0 Å². The molecule has 0 aromatic heterocycles. The molecular weight excluding hydrogens is 378 g/mol. The average Bonchev–Trinajstić information content (AvgIpc) is 2.49. The van der Waals surface area contributed by atoms with Gasteiger partial charge in [-0.1, -0.05) is 45.0 Å². The summed E-state index contributed by atoms with van der Waals surface area (Å²) in [5.74, 6) is -0.854. The number of carboxylic acid groups (broad SMARTS) is 1. The third-order valence-corrected chi connectivity index (χ3v) is 11.1. The quantitative estimate of drug-likeness (QED) is 0.487. The molecule has 0 amide bonds. The second-order valence-corrected chi connectivity index (χ2v) is 16.2. The number of carbonyl (C=O) groups is 1. The molecule has 0 fully saturated rings. The van der Waals surface area contributed by atoms with Crippen molar-refractivity contribution in [3.05, 3.63) is 35.4 Å². The van der Waals surface area contributed by atoms with Gasteiger partial charge >= 0.3 is 5.97 Å². The third kappa shape index (κ3) is 7.58. The van der Waals surface area contributed by atoms with Crippen LogP contribution in [0.4, 0.5) is 0 Å². The van der Waals surface area contributed by atoms with E-state index in [2.05, 4.69) is 38.6 Å². The number of rotatable bonds is 8. The minimum Gasteiger partial charge on any atom is -0.598 e. The van der Waals surface area contributed by atoms with Crippen LogP contribution >= 0.6 is 0 Å². The molecule has 2 atom stereocenters. The highest BCUT2D eigenvalue weighted by Crippen LogP contribution is 2.37. The van der Waals surface area contributed by atoms with Crippen LogP contribution < -0.4 is 4.72 Å². The van der Waals surface area contributed by atoms with Crippen molar-refractivity contribution in [1.82, 2.24) is 4.72 Å². The number of benzene rings is 1. The zero-order chi connectivity index (χ0) is 21.0. The molecule has 0 saturated carbocycles. The Labute approximate surface area is 168 Å². The highest BCUT2D eigenvalue weighted by molar-refractivity contribution is 7.90. The lowest BCUT2D eigenvalue weighted by Crippen LogP contribution is -2.46. The van der Waals surface area contributed by atoms with Crippen molar-refractivity contribution in [2.75, 3.05) is 6.61 Å². The number of nitrogens with one attached hydrogen (secondary N) is 1. The normalized spacial score (nSPS) is 15.4. The van der Waals surface area contributed by atoms with Crippen LogP contribution in [-0.2, 0) is 27.0 Å². The Morgan fingerprint density at radius 3 is 2.11 bits per heavy atom. The standard InChI is InChI=1S/C20H35NO4SSi/c1-19(2,3)26(24)21-17(14-25-27(7,8)20(4,5)6)16-11-9-15(10-12-16)13-18(22)23/h9-12,17,21H,13-14H2,1-8H3,(H,22,23)/t17-,26?/m1/s1. The topological polar surface area (TPSA) is 81.6 Å². The van der Waals surface area contributed by atoms with Gasteiger partial charge in [-0.2, -0.15) is 0 Å². The van der Waals surface area contributed by atoms with E-state index in [1.54, 1.807) is 0 Å². The zero-order valence-corrected chi connectivity index (χ0v) is 19.7. The van der Waals surface area contributed by atoms with Gasteiger partial charge in [0, 0.05) is 11.4 Å². The second-order valence-electron chi connectivity index (χ2n) is 9.43. The second kappa shape index (κ2) is 9.09. The molecule has 0 aliphatic heterocycles. The van der Waals surface area contributed by atoms with E-state index in [9.17, 15) is 9.35 Å². The molecular formula is C20H35NO4SSi. The van der Waals surface area contributed by atoms with Crippen molar-refractivity contribution in [1.29, 1.82) is 0 Å². The van der Waals surface area contributed by atoms with Crippen molar-refractivity contribution in [3.63, 3.8) is 0 Å². The molecule has 1 aromatic carbocycles. The molecule has 7 heteroatoms. The van der Waals surface area contributed by atoms with Gasteiger partial charge in [0.25, 0.3) is 0 Å². The maximum Gasteiger partial charge on any atom is 0.307 e. The smallest absolute Gasteiger partial charge is 0.307 e. The fourth-order valence-corrected chi connectivity index (χ4v) is 3.89. The van der Waals surface area contributed by atoms with Crippen molar-refractivity contribution in [2.24, 2.45) is 0 Å². The van der Waals surface area contributed by atoms with Gasteiger partial charge in [0.05, 0.1) is 19.1 Å². The summed E-state index contributed by atoms with van der Waals surface area (Å²) in [6.45, 7) is 17.2. The highest BCUT2D eigenvalue weighted by atomic mass is 32.2. The van der Waals surface area contributed by atoms with Gasteiger partial charge in [-0.05, 0) is 50.0 Å². The molecule has 154 valence electrons. The Bertz CT molecular complexity index is 620. The zero-order valence-electron chi connectivity index (χ0n) is 17.9. The minimum atomic E-state index is -1.95. The Morgan fingerprint density at radius 1 is 1.19 bits per heavy atom. The number of hydrogen-bond acceptors (Lipinski definition) is 4. The predicted octanol–water partition coefficient (Wildman–Crippen LogP) is 4.43. The fraction of sp³-hybridized carbons (Fsp3) is 0.650. The first-order chi connectivity index (χ1) is 12.1. The Hall–Kier alpha value is -0.863. The van der Waals surface area contributed by atoms with Crippen molar-refractivity contribution >= 4 is 25.6 Å². The molecule has 0 aliphatic rings. The molecule has 0 bridgehead atoms. The van der Waals surface area contributed by atoms with Crippen molar-refractivity contribution < 1.29 is 18.9 Å². The van der Waals surface area contributed by atoms with Gasteiger partial charge in [-0.25, -0.2) is 0 Å².